The van der Waals surface area contributed by atoms with Crippen LogP contribution >= 0.6 is 0 Å². The molecular formula is C12H17FO2. The summed E-state index contributed by atoms with van der Waals surface area (Å²) in [5, 5.41) is 8.93. The van der Waals surface area contributed by atoms with Crippen LogP contribution in [0.5, 0.6) is 5.75 Å². The van der Waals surface area contributed by atoms with Crippen LogP contribution in [-0.2, 0) is 0 Å². The molecule has 0 radical (unpaired) electrons. The highest BCUT2D eigenvalue weighted by atomic mass is 19.1. The Bertz CT molecular complexity index is 312. The van der Waals surface area contributed by atoms with Crippen molar-refractivity contribution < 1.29 is 14.2 Å². The van der Waals surface area contributed by atoms with Crippen LogP contribution in [-0.4, -0.2) is 18.8 Å². The summed E-state index contributed by atoms with van der Waals surface area (Å²) in [6, 6.07) is 4.50. The molecule has 84 valence electrons. The van der Waals surface area contributed by atoms with Crippen molar-refractivity contribution in [3.8, 4) is 5.75 Å². The highest BCUT2D eigenvalue weighted by molar-refractivity contribution is 5.36. The minimum Gasteiger partial charge on any atom is -0.496 e. The second-order valence-electron chi connectivity index (χ2n) is 3.50. The van der Waals surface area contributed by atoms with Crippen molar-refractivity contribution >= 4 is 0 Å². The van der Waals surface area contributed by atoms with Crippen LogP contribution in [0.25, 0.3) is 0 Å². The van der Waals surface area contributed by atoms with E-state index in [4.69, 9.17) is 9.84 Å². The first kappa shape index (κ1) is 12.0. The fraction of sp³-hybridized carbons (Fsp3) is 0.500. The summed E-state index contributed by atoms with van der Waals surface area (Å²) in [6.45, 7) is 2.13. The first-order chi connectivity index (χ1) is 7.22. The Balaban J connectivity index is 3.02. The van der Waals surface area contributed by atoms with Crippen molar-refractivity contribution in [2.24, 2.45) is 0 Å². The molecular weight excluding hydrogens is 195 g/mol. The van der Waals surface area contributed by atoms with Gasteiger partial charge in [0, 0.05) is 12.2 Å². The van der Waals surface area contributed by atoms with Gasteiger partial charge in [0.15, 0.2) is 0 Å². The van der Waals surface area contributed by atoms with Crippen LogP contribution in [0, 0.1) is 5.82 Å². The molecule has 1 rings (SSSR count). The number of rotatable bonds is 5. The number of hydrogen-bond donors (Lipinski definition) is 1. The second-order valence-corrected chi connectivity index (χ2v) is 3.50. The normalized spacial score (nSPS) is 12.5. The number of halogens is 1. The summed E-state index contributed by atoms with van der Waals surface area (Å²) in [6.07, 6.45) is 1.50. The average Bonchev–Trinajstić information content (AvgIpc) is 2.26. The van der Waals surface area contributed by atoms with Crippen LogP contribution in [0.15, 0.2) is 18.2 Å². The summed E-state index contributed by atoms with van der Waals surface area (Å²) in [5.74, 6) is 0.583. The molecule has 0 spiro atoms. The number of hydrogen-bond acceptors (Lipinski definition) is 2. The van der Waals surface area contributed by atoms with Gasteiger partial charge in [-0.2, -0.15) is 0 Å². The molecule has 1 N–H and O–H groups in total. The lowest BCUT2D eigenvalue weighted by Gasteiger charge is -2.17. The van der Waals surface area contributed by atoms with Crippen molar-refractivity contribution in [1.82, 2.24) is 0 Å². The molecule has 0 saturated heterocycles. The smallest absolute Gasteiger partial charge is 0.123 e. The molecule has 0 aliphatic rings. The Morgan fingerprint density at radius 1 is 1.47 bits per heavy atom. The van der Waals surface area contributed by atoms with Crippen molar-refractivity contribution in [2.75, 3.05) is 13.7 Å². The van der Waals surface area contributed by atoms with Crippen molar-refractivity contribution in [3.05, 3.63) is 29.6 Å². The standard InChI is InChI=1S/C12H17FO2/c1-3-9(6-7-14)11-8-10(13)4-5-12(11)15-2/h4-5,8-9,14H,3,6-7H2,1-2H3. The molecule has 0 aromatic heterocycles. The molecule has 1 aromatic carbocycles. The molecule has 1 unspecified atom stereocenters. The lowest BCUT2D eigenvalue weighted by atomic mass is 9.92. The van der Waals surface area contributed by atoms with E-state index in [0.717, 1.165) is 12.0 Å². The van der Waals surface area contributed by atoms with Gasteiger partial charge in [-0.3, -0.25) is 0 Å². The molecule has 0 fully saturated rings. The molecule has 15 heavy (non-hydrogen) atoms. The summed E-state index contributed by atoms with van der Waals surface area (Å²) in [7, 11) is 1.57. The molecule has 0 saturated carbocycles. The van der Waals surface area contributed by atoms with E-state index in [1.165, 1.54) is 12.1 Å². The first-order valence-electron chi connectivity index (χ1n) is 5.17. The van der Waals surface area contributed by atoms with E-state index in [1.54, 1.807) is 13.2 Å². The second kappa shape index (κ2) is 5.71. The molecule has 1 aromatic rings. The molecule has 0 heterocycles. The van der Waals surface area contributed by atoms with Crippen LogP contribution in [0.3, 0.4) is 0 Å². The van der Waals surface area contributed by atoms with E-state index in [0.29, 0.717) is 12.2 Å². The topological polar surface area (TPSA) is 29.5 Å². The Hall–Kier alpha value is -1.09. The number of methoxy groups -OCH3 is 1. The van der Waals surface area contributed by atoms with Crippen LogP contribution < -0.4 is 4.74 Å². The Morgan fingerprint density at radius 2 is 2.20 bits per heavy atom. The quantitative estimate of drug-likeness (QED) is 0.813. The van der Waals surface area contributed by atoms with E-state index < -0.39 is 0 Å². The predicted octanol–water partition coefficient (Wildman–Crippen LogP) is 2.71. The van der Waals surface area contributed by atoms with Gasteiger partial charge in [0.1, 0.15) is 11.6 Å². The van der Waals surface area contributed by atoms with Crippen molar-refractivity contribution in [1.29, 1.82) is 0 Å². The fourth-order valence-corrected chi connectivity index (χ4v) is 1.76. The SMILES string of the molecule is CCC(CCO)c1cc(F)ccc1OC. The summed E-state index contributed by atoms with van der Waals surface area (Å²) < 4.78 is 18.3. The lowest BCUT2D eigenvalue weighted by molar-refractivity contribution is 0.272. The van der Waals surface area contributed by atoms with E-state index in [9.17, 15) is 4.39 Å². The molecule has 1 atom stereocenters. The summed E-state index contributed by atoms with van der Waals surface area (Å²) in [4.78, 5) is 0. The van der Waals surface area contributed by atoms with Gasteiger partial charge in [-0.15, -0.1) is 0 Å². The zero-order chi connectivity index (χ0) is 11.3. The van der Waals surface area contributed by atoms with E-state index in [-0.39, 0.29) is 18.3 Å². The zero-order valence-corrected chi connectivity index (χ0v) is 9.16. The summed E-state index contributed by atoms with van der Waals surface area (Å²) in [5.41, 5.74) is 0.842. The van der Waals surface area contributed by atoms with Gasteiger partial charge in [0.2, 0.25) is 0 Å². The Morgan fingerprint density at radius 3 is 2.73 bits per heavy atom. The van der Waals surface area contributed by atoms with Gasteiger partial charge in [-0.1, -0.05) is 6.92 Å². The average molecular weight is 212 g/mol. The minimum absolute atomic E-state index is 0.109. The third-order valence-electron chi connectivity index (χ3n) is 2.60. The molecule has 0 aliphatic carbocycles. The zero-order valence-electron chi connectivity index (χ0n) is 9.16. The maximum atomic E-state index is 13.1. The van der Waals surface area contributed by atoms with Crippen molar-refractivity contribution in [3.63, 3.8) is 0 Å². The highest BCUT2D eigenvalue weighted by Crippen LogP contribution is 2.31. The Labute approximate surface area is 89.7 Å². The largest absolute Gasteiger partial charge is 0.496 e. The van der Waals surface area contributed by atoms with Gasteiger partial charge in [-0.25, -0.2) is 4.39 Å². The number of ether oxygens (including phenoxy) is 1. The van der Waals surface area contributed by atoms with Gasteiger partial charge >= 0.3 is 0 Å². The summed E-state index contributed by atoms with van der Waals surface area (Å²) >= 11 is 0. The number of aliphatic hydroxyl groups excluding tert-OH is 1. The van der Waals surface area contributed by atoms with Crippen LogP contribution in [0.4, 0.5) is 4.39 Å². The van der Waals surface area contributed by atoms with Crippen LogP contribution in [0.1, 0.15) is 31.2 Å². The van der Waals surface area contributed by atoms with E-state index in [1.807, 2.05) is 6.92 Å². The van der Waals surface area contributed by atoms with Crippen molar-refractivity contribution in [2.45, 2.75) is 25.7 Å². The lowest BCUT2D eigenvalue weighted by Crippen LogP contribution is -2.03. The third-order valence-corrected chi connectivity index (χ3v) is 2.60. The Kier molecular flexibility index (Phi) is 4.56. The van der Waals surface area contributed by atoms with E-state index >= 15 is 0 Å². The number of aliphatic hydroxyl groups is 1. The van der Waals surface area contributed by atoms with Gasteiger partial charge in [0.25, 0.3) is 0 Å². The molecule has 2 nitrogen and oxygen atoms in total. The molecule has 0 amide bonds. The fourth-order valence-electron chi connectivity index (χ4n) is 1.76. The first-order valence-corrected chi connectivity index (χ1v) is 5.17. The molecule has 3 heteroatoms. The minimum atomic E-state index is -0.262. The van der Waals surface area contributed by atoms with Crippen LogP contribution in [0.2, 0.25) is 0 Å². The third kappa shape index (κ3) is 2.93. The van der Waals surface area contributed by atoms with Gasteiger partial charge in [0.05, 0.1) is 7.11 Å². The highest BCUT2D eigenvalue weighted by Gasteiger charge is 2.14. The maximum absolute atomic E-state index is 13.1. The molecule has 0 bridgehead atoms. The molecule has 0 aliphatic heterocycles. The number of benzene rings is 1. The predicted molar refractivity (Wildman–Crippen MR) is 57.7 cm³/mol. The maximum Gasteiger partial charge on any atom is 0.123 e. The van der Waals surface area contributed by atoms with Gasteiger partial charge in [-0.05, 0) is 37.0 Å². The van der Waals surface area contributed by atoms with Gasteiger partial charge < -0.3 is 9.84 Å². The van der Waals surface area contributed by atoms with E-state index in [2.05, 4.69) is 0 Å². The monoisotopic (exact) mass is 212 g/mol.